The molecule has 0 aliphatic heterocycles. The number of aryl methyl sites for hydroxylation is 2. The van der Waals surface area contributed by atoms with Gasteiger partial charge >= 0.3 is 6.16 Å². The third-order valence-electron chi connectivity index (χ3n) is 5.42. The van der Waals surface area contributed by atoms with E-state index in [9.17, 15) is 4.79 Å². The second-order valence-electron chi connectivity index (χ2n) is 7.53. The number of carbonyl (C=O) groups is 1. The van der Waals surface area contributed by atoms with Crippen molar-refractivity contribution in [1.82, 2.24) is 0 Å². The highest BCUT2D eigenvalue weighted by molar-refractivity contribution is 6.07. The molecule has 0 saturated heterocycles. The van der Waals surface area contributed by atoms with E-state index in [1.807, 2.05) is 74.5 Å². The Kier molecular flexibility index (Phi) is 4.36. The van der Waals surface area contributed by atoms with Crippen LogP contribution in [-0.4, -0.2) is 6.16 Å². The quantitative estimate of drug-likeness (QED) is 0.179. The summed E-state index contributed by atoms with van der Waals surface area (Å²) in [5.74, 6) is 1.02. The molecule has 0 fully saturated rings. The molecule has 0 spiro atoms. The van der Waals surface area contributed by atoms with Crippen molar-refractivity contribution in [2.45, 2.75) is 13.8 Å². The number of hydrogen-bond donors (Lipinski definition) is 0. The van der Waals surface area contributed by atoms with Crippen LogP contribution in [0.2, 0.25) is 0 Å². The molecule has 146 valence electrons. The Bertz CT molecular complexity index is 1430. The van der Waals surface area contributed by atoms with Gasteiger partial charge in [-0.2, -0.15) is 0 Å². The molecule has 0 saturated carbocycles. The van der Waals surface area contributed by atoms with Crippen LogP contribution in [-0.2, 0) is 0 Å². The van der Waals surface area contributed by atoms with Crippen molar-refractivity contribution in [2.75, 3.05) is 0 Å². The number of carbonyl (C=O) groups excluding carboxylic acids is 1. The summed E-state index contributed by atoms with van der Waals surface area (Å²) in [6.45, 7) is 4.05. The van der Waals surface area contributed by atoms with Crippen LogP contribution in [0, 0.1) is 13.8 Å². The lowest BCUT2D eigenvalue weighted by Crippen LogP contribution is -2.14. The number of ether oxygens (including phenoxy) is 2. The van der Waals surface area contributed by atoms with Crippen molar-refractivity contribution < 1.29 is 14.3 Å². The van der Waals surface area contributed by atoms with Gasteiger partial charge in [0.05, 0.1) is 0 Å². The van der Waals surface area contributed by atoms with Crippen LogP contribution in [0.25, 0.3) is 32.3 Å². The normalized spacial score (nSPS) is 11.1. The summed E-state index contributed by atoms with van der Waals surface area (Å²) in [5.41, 5.74) is 2.14. The standard InChI is InChI=1S/C27H20O3/c1-17-13-14-20-16-21-10-5-7-18(2)25(21)26(23(20)15-17)30-27(28)29-24-12-6-9-19-8-3-4-11-22(19)24/h3-16H,1-2H3. The highest BCUT2D eigenvalue weighted by Crippen LogP contribution is 2.38. The maximum Gasteiger partial charge on any atom is 0.519 e. The minimum absolute atomic E-state index is 0.482. The van der Waals surface area contributed by atoms with Gasteiger partial charge in [-0.1, -0.05) is 72.3 Å². The first-order chi connectivity index (χ1) is 14.6. The van der Waals surface area contributed by atoms with Crippen LogP contribution < -0.4 is 9.47 Å². The summed E-state index contributed by atoms with van der Waals surface area (Å²) >= 11 is 0. The third kappa shape index (κ3) is 3.15. The number of fused-ring (bicyclic) bond motifs is 3. The lowest BCUT2D eigenvalue weighted by atomic mass is 9.98. The maximum atomic E-state index is 12.9. The van der Waals surface area contributed by atoms with E-state index in [2.05, 4.69) is 18.2 Å². The minimum Gasteiger partial charge on any atom is -0.394 e. The Morgan fingerprint density at radius 1 is 0.667 bits per heavy atom. The van der Waals surface area contributed by atoms with E-state index in [0.29, 0.717) is 11.5 Å². The molecule has 5 aromatic rings. The van der Waals surface area contributed by atoms with Crippen LogP contribution in [0.1, 0.15) is 11.1 Å². The fourth-order valence-corrected chi connectivity index (χ4v) is 4.00. The monoisotopic (exact) mass is 392 g/mol. The van der Waals surface area contributed by atoms with Crippen molar-refractivity contribution in [1.29, 1.82) is 0 Å². The van der Waals surface area contributed by atoms with Gasteiger partial charge in [0.1, 0.15) is 11.5 Å². The van der Waals surface area contributed by atoms with Gasteiger partial charge in [0.15, 0.2) is 0 Å². The van der Waals surface area contributed by atoms with Crippen molar-refractivity contribution in [3.63, 3.8) is 0 Å². The summed E-state index contributed by atoms with van der Waals surface area (Å²) in [5, 5.41) is 5.74. The van der Waals surface area contributed by atoms with Gasteiger partial charge in [-0.3, -0.25) is 0 Å². The Morgan fingerprint density at radius 2 is 1.43 bits per heavy atom. The number of hydrogen-bond acceptors (Lipinski definition) is 3. The molecule has 0 bridgehead atoms. The fourth-order valence-electron chi connectivity index (χ4n) is 4.00. The van der Waals surface area contributed by atoms with Crippen molar-refractivity contribution in [2.24, 2.45) is 0 Å². The lowest BCUT2D eigenvalue weighted by molar-refractivity contribution is 0.153. The maximum absolute atomic E-state index is 12.9. The van der Waals surface area contributed by atoms with Crippen molar-refractivity contribution in [3.05, 3.63) is 96.1 Å². The smallest absolute Gasteiger partial charge is 0.394 e. The van der Waals surface area contributed by atoms with Gasteiger partial charge in [-0.25, -0.2) is 4.79 Å². The second kappa shape index (κ2) is 7.20. The van der Waals surface area contributed by atoms with Crippen molar-refractivity contribution in [3.8, 4) is 11.5 Å². The molecule has 3 nitrogen and oxygen atoms in total. The number of rotatable bonds is 2. The zero-order valence-electron chi connectivity index (χ0n) is 16.8. The SMILES string of the molecule is Cc1ccc2cc3cccc(C)c3c(OC(=O)Oc3cccc4ccccc34)c2c1. The number of benzene rings is 5. The van der Waals surface area contributed by atoms with Crippen LogP contribution in [0.15, 0.2) is 84.9 Å². The molecule has 0 amide bonds. The Morgan fingerprint density at radius 3 is 2.33 bits per heavy atom. The zero-order chi connectivity index (χ0) is 20.7. The second-order valence-corrected chi connectivity index (χ2v) is 7.53. The van der Waals surface area contributed by atoms with Crippen LogP contribution >= 0.6 is 0 Å². The molecule has 0 aliphatic carbocycles. The first kappa shape index (κ1) is 18.2. The molecule has 0 N–H and O–H groups in total. The predicted octanol–water partition coefficient (Wildman–Crippen LogP) is 7.34. The van der Waals surface area contributed by atoms with E-state index in [-0.39, 0.29) is 0 Å². The molecule has 0 heterocycles. The molecule has 0 radical (unpaired) electrons. The predicted molar refractivity (Wildman–Crippen MR) is 122 cm³/mol. The van der Waals surface area contributed by atoms with E-state index in [0.717, 1.165) is 43.4 Å². The van der Waals surface area contributed by atoms with Gasteiger partial charge in [-0.15, -0.1) is 0 Å². The van der Waals surface area contributed by atoms with Crippen LogP contribution in [0.4, 0.5) is 4.79 Å². The van der Waals surface area contributed by atoms with Crippen LogP contribution in [0.5, 0.6) is 11.5 Å². The van der Waals surface area contributed by atoms with Crippen LogP contribution in [0.3, 0.4) is 0 Å². The van der Waals surface area contributed by atoms with E-state index in [1.54, 1.807) is 6.07 Å². The van der Waals surface area contributed by atoms with Gasteiger partial charge in [0.2, 0.25) is 0 Å². The first-order valence-electron chi connectivity index (χ1n) is 9.90. The average molecular weight is 392 g/mol. The molecule has 5 aromatic carbocycles. The summed E-state index contributed by atoms with van der Waals surface area (Å²) in [6.07, 6.45) is -0.745. The lowest BCUT2D eigenvalue weighted by Gasteiger charge is -2.14. The molecule has 3 heteroatoms. The van der Waals surface area contributed by atoms with Gasteiger partial charge in [0, 0.05) is 16.2 Å². The average Bonchev–Trinajstić information content (AvgIpc) is 2.74. The van der Waals surface area contributed by atoms with Crippen molar-refractivity contribution >= 4 is 38.5 Å². The molecule has 0 aromatic heterocycles. The Balaban J connectivity index is 1.61. The fraction of sp³-hybridized carbons (Fsp3) is 0.0741. The van der Waals surface area contributed by atoms with Gasteiger partial charge in [0.25, 0.3) is 0 Å². The minimum atomic E-state index is -0.745. The van der Waals surface area contributed by atoms with E-state index < -0.39 is 6.16 Å². The van der Waals surface area contributed by atoms with Gasteiger partial charge < -0.3 is 9.47 Å². The summed E-state index contributed by atoms with van der Waals surface area (Å²) < 4.78 is 11.5. The molecule has 0 unspecified atom stereocenters. The van der Waals surface area contributed by atoms with E-state index in [4.69, 9.17) is 9.47 Å². The molecule has 30 heavy (non-hydrogen) atoms. The van der Waals surface area contributed by atoms with E-state index >= 15 is 0 Å². The summed E-state index contributed by atoms with van der Waals surface area (Å²) in [6, 6.07) is 27.8. The molecule has 0 atom stereocenters. The molecular weight excluding hydrogens is 372 g/mol. The first-order valence-corrected chi connectivity index (χ1v) is 9.90. The Hall–Kier alpha value is -3.85. The molecule has 5 rings (SSSR count). The van der Waals surface area contributed by atoms with Gasteiger partial charge in [-0.05, 0) is 53.8 Å². The van der Waals surface area contributed by atoms with E-state index in [1.165, 1.54) is 0 Å². The molecular formula is C27H20O3. The zero-order valence-corrected chi connectivity index (χ0v) is 16.8. The summed E-state index contributed by atoms with van der Waals surface area (Å²) in [4.78, 5) is 12.9. The Labute approximate surface area is 174 Å². The highest BCUT2D eigenvalue weighted by atomic mass is 16.7. The highest BCUT2D eigenvalue weighted by Gasteiger charge is 2.17. The topological polar surface area (TPSA) is 35.5 Å². The largest absolute Gasteiger partial charge is 0.519 e. The third-order valence-corrected chi connectivity index (χ3v) is 5.42. The molecule has 0 aliphatic rings. The summed E-state index contributed by atoms with van der Waals surface area (Å²) in [7, 11) is 0.